The van der Waals surface area contributed by atoms with E-state index >= 15 is 0 Å². The summed E-state index contributed by atoms with van der Waals surface area (Å²) in [6, 6.07) is 22.2. The van der Waals surface area contributed by atoms with Gasteiger partial charge in [-0.05, 0) is 47.4 Å². The van der Waals surface area contributed by atoms with Gasteiger partial charge in [-0.2, -0.15) is 0 Å². The molecule has 0 aliphatic carbocycles. The van der Waals surface area contributed by atoms with Gasteiger partial charge >= 0.3 is 12.1 Å². The van der Waals surface area contributed by atoms with E-state index < -0.39 is 6.09 Å². The smallest absolute Gasteiger partial charge is 0.407 e. The lowest BCUT2D eigenvalue weighted by Gasteiger charge is -2.36. The summed E-state index contributed by atoms with van der Waals surface area (Å²) < 4.78 is 6.01. The lowest BCUT2D eigenvalue weighted by atomic mass is 9.87. The number of ether oxygens (including phenoxy) is 1. The van der Waals surface area contributed by atoms with Crippen LogP contribution in [0.5, 0.6) is 5.75 Å². The number of H-pyrrole nitrogens is 1. The van der Waals surface area contributed by atoms with E-state index in [1.165, 1.54) is 10.5 Å². The number of hydrogen-bond donors (Lipinski definition) is 3. The van der Waals surface area contributed by atoms with Gasteiger partial charge in [-0.25, -0.2) is 14.6 Å². The zero-order valence-corrected chi connectivity index (χ0v) is 26.8. The fourth-order valence-corrected chi connectivity index (χ4v) is 5.98. The molecule has 11 nitrogen and oxygen atoms in total. The zero-order chi connectivity index (χ0) is 32.3. The zero-order valence-electron chi connectivity index (χ0n) is 26.8. The number of para-hydroxylation sites is 1. The van der Waals surface area contributed by atoms with Crippen LogP contribution < -0.4 is 15.0 Å². The molecule has 0 atom stereocenters. The molecule has 46 heavy (non-hydrogen) atoms. The summed E-state index contributed by atoms with van der Waals surface area (Å²) in [4.78, 5) is 40.0. The molecule has 2 aliphatic rings. The highest BCUT2D eigenvalue weighted by Gasteiger charge is 2.24. The van der Waals surface area contributed by atoms with Crippen LogP contribution in [0.25, 0.3) is 22.4 Å². The number of fused-ring (bicyclic) bond motifs is 1. The van der Waals surface area contributed by atoms with Crippen molar-refractivity contribution < 1.29 is 19.4 Å². The van der Waals surface area contributed by atoms with Gasteiger partial charge in [-0.1, -0.05) is 51.1 Å². The fraction of sp³-hybridized carbons (Fsp3) is 0.400. The first-order chi connectivity index (χ1) is 22.1. The molecule has 1 aromatic heterocycles. The molecule has 2 fully saturated rings. The van der Waals surface area contributed by atoms with Crippen LogP contribution in [0, 0.1) is 0 Å². The second-order valence-electron chi connectivity index (χ2n) is 13.0. The minimum absolute atomic E-state index is 0.116. The number of urea groups is 1. The van der Waals surface area contributed by atoms with Crippen molar-refractivity contribution >= 4 is 34.5 Å². The Labute approximate surface area is 269 Å². The Morgan fingerprint density at radius 3 is 2.20 bits per heavy atom. The van der Waals surface area contributed by atoms with E-state index in [0.717, 1.165) is 66.6 Å². The van der Waals surface area contributed by atoms with Gasteiger partial charge in [0, 0.05) is 70.2 Å². The summed E-state index contributed by atoms with van der Waals surface area (Å²) >= 11 is 0. The molecule has 3 N–H and O–H groups in total. The monoisotopic (exact) mass is 625 g/mol. The predicted octanol–water partition coefficient (Wildman–Crippen LogP) is 5.56. The van der Waals surface area contributed by atoms with E-state index in [1.807, 2.05) is 24.3 Å². The van der Waals surface area contributed by atoms with Crippen molar-refractivity contribution in [3.63, 3.8) is 0 Å². The molecule has 0 saturated carbocycles. The van der Waals surface area contributed by atoms with Gasteiger partial charge in [0.1, 0.15) is 23.7 Å². The molecule has 11 heteroatoms. The summed E-state index contributed by atoms with van der Waals surface area (Å²) in [5, 5.41) is 12.0. The maximum absolute atomic E-state index is 12.6. The van der Waals surface area contributed by atoms with Crippen molar-refractivity contribution in [3.8, 4) is 17.1 Å². The third-order valence-corrected chi connectivity index (χ3v) is 8.85. The number of aromatic nitrogens is 2. The van der Waals surface area contributed by atoms with E-state index in [4.69, 9.17) is 14.8 Å². The van der Waals surface area contributed by atoms with Crippen LogP contribution in [-0.4, -0.2) is 107 Å². The molecule has 3 heterocycles. The number of piperazine rings is 2. The van der Waals surface area contributed by atoms with Gasteiger partial charge in [0.2, 0.25) is 0 Å². The summed E-state index contributed by atoms with van der Waals surface area (Å²) in [5.41, 5.74) is 6.41. The van der Waals surface area contributed by atoms with Crippen LogP contribution in [-0.2, 0) is 5.41 Å². The molecule has 2 saturated heterocycles. The molecular weight excluding hydrogens is 582 g/mol. The molecule has 0 bridgehead atoms. The van der Waals surface area contributed by atoms with E-state index in [1.54, 1.807) is 4.90 Å². The number of rotatable bonds is 7. The van der Waals surface area contributed by atoms with E-state index in [-0.39, 0.29) is 11.4 Å². The SMILES string of the molecule is CC(C)(C)c1ccc(-c2nc3c(N4CCN(CCOc5ccc(NC(=O)N6CCN(C(=O)O)CC6)cc5)CC4)cccc3[nH]2)cc1. The molecule has 2 aliphatic heterocycles. The average molecular weight is 626 g/mol. The van der Waals surface area contributed by atoms with Gasteiger partial charge in [0.15, 0.2) is 0 Å². The standard InChI is InChI=1S/C35H43N7O4/c1-35(2,3)26-9-7-25(8-10-26)32-37-29-5-4-6-30(31(29)38-32)40-17-15-39(16-18-40)23-24-46-28-13-11-27(12-14-28)36-33(43)41-19-21-42(22-20-41)34(44)45/h4-14H,15-24H2,1-3H3,(H,36,43)(H,37,38)(H,44,45). The average Bonchev–Trinajstić information content (AvgIpc) is 3.50. The Morgan fingerprint density at radius 1 is 0.870 bits per heavy atom. The molecule has 0 radical (unpaired) electrons. The minimum Gasteiger partial charge on any atom is -0.492 e. The normalized spacial score (nSPS) is 16.1. The lowest BCUT2D eigenvalue weighted by Crippen LogP contribution is -2.51. The molecule has 242 valence electrons. The quantitative estimate of drug-likeness (QED) is 0.246. The van der Waals surface area contributed by atoms with Gasteiger partial charge < -0.3 is 34.8 Å². The number of hydrogen-bond acceptors (Lipinski definition) is 6. The number of carboxylic acid groups (broad SMARTS) is 1. The van der Waals surface area contributed by atoms with Crippen molar-refractivity contribution in [2.45, 2.75) is 26.2 Å². The third-order valence-electron chi connectivity index (χ3n) is 8.85. The van der Waals surface area contributed by atoms with Crippen LogP contribution in [0.3, 0.4) is 0 Å². The Bertz CT molecular complexity index is 1650. The molecule has 0 spiro atoms. The number of anilines is 2. The maximum atomic E-state index is 12.6. The van der Waals surface area contributed by atoms with Gasteiger partial charge in [-0.15, -0.1) is 0 Å². The van der Waals surface area contributed by atoms with Gasteiger partial charge in [0.25, 0.3) is 0 Å². The largest absolute Gasteiger partial charge is 0.492 e. The first-order valence-corrected chi connectivity index (χ1v) is 16.0. The van der Waals surface area contributed by atoms with Crippen LogP contribution in [0.2, 0.25) is 0 Å². The Morgan fingerprint density at radius 2 is 1.54 bits per heavy atom. The third kappa shape index (κ3) is 7.20. The van der Waals surface area contributed by atoms with Crippen LogP contribution in [0.15, 0.2) is 66.7 Å². The topological polar surface area (TPSA) is 117 Å². The van der Waals surface area contributed by atoms with E-state index in [9.17, 15) is 9.59 Å². The second kappa shape index (κ2) is 13.3. The number of carbonyl (C=O) groups is 2. The summed E-state index contributed by atoms with van der Waals surface area (Å²) in [6.45, 7) is 13.2. The highest BCUT2D eigenvalue weighted by molar-refractivity contribution is 5.91. The van der Waals surface area contributed by atoms with Crippen molar-refractivity contribution in [3.05, 3.63) is 72.3 Å². The number of aromatic amines is 1. The summed E-state index contributed by atoms with van der Waals surface area (Å²) in [5.74, 6) is 1.64. The maximum Gasteiger partial charge on any atom is 0.407 e. The van der Waals surface area contributed by atoms with Gasteiger partial charge in [-0.3, -0.25) is 4.90 Å². The van der Waals surface area contributed by atoms with Crippen molar-refractivity contribution in [2.75, 3.05) is 75.7 Å². The van der Waals surface area contributed by atoms with E-state index in [0.29, 0.717) is 38.5 Å². The van der Waals surface area contributed by atoms with Crippen LogP contribution in [0.4, 0.5) is 21.0 Å². The van der Waals surface area contributed by atoms with Crippen molar-refractivity contribution in [1.82, 2.24) is 24.7 Å². The highest BCUT2D eigenvalue weighted by atomic mass is 16.5. The molecule has 3 aromatic carbocycles. The van der Waals surface area contributed by atoms with Crippen molar-refractivity contribution in [1.29, 1.82) is 0 Å². The fourth-order valence-electron chi connectivity index (χ4n) is 5.98. The Balaban J connectivity index is 0.963. The predicted molar refractivity (Wildman–Crippen MR) is 181 cm³/mol. The minimum atomic E-state index is -0.950. The Kier molecular flexibility index (Phi) is 9.03. The van der Waals surface area contributed by atoms with Crippen molar-refractivity contribution in [2.24, 2.45) is 0 Å². The van der Waals surface area contributed by atoms with Crippen LogP contribution in [0.1, 0.15) is 26.3 Å². The number of imidazole rings is 1. The molecule has 6 rings (SSSR count). The molecule has 3 amide bonds. The van der Waals surface area contributed by atoms with Crippen LogP contribution >= 0.6 is 0 Å². The first kappa shape index (κ1) is 31.2. The number of carbonyl (C=O) groups excluding carboxylic acids is 1. The van der Waals surface area contributed by atoms with Gasteiger partial charge in [0.05, 0.1) is 11.2 Å². The number of nitrogens with zero attached hydrogens (tertiary/aromatic N) is 5. The first-order valence-electron chi connectivity index (χ1n) is 16.0. The number of amides is 3. The summed E-state index contributed by atoms with van der Waals surface area (Å²) in [7, 11) is 0. The number of benzene rings is 3. The summed E-state index contributed by atoms with van der Waals surface area (Å²) in [6.07, 6.45) is -0.950. The van der Waals surface area contributed by atoms with E-state index in [2.05, 4.69) is 83.3 Å². The molecule has 4 aromatic rings. The second-order valence-corrected chi connectivity index (χ2v) is 13.0. The lowest BCUT2D eigenvalue weighted by molar-refractivity contribution is 0.115. The molecule has 0 unspecified atom stereocenters. The number of nitrogens with one attached hydrogen (secondary N) is 2. The highest BCUT2D eigenvalue weighted by Crippen LogP contribution is 2.30. The molecular formula is C35H43N7O4. The Hall–Kier alpha value is -4.77.